The van der Waals surface area contributed by atoms with Crippen LogP contribution in [-0.4, -0.2) is 21.1 Å². The number of thioether (sulfide) groups is 1. The van der Waals surface area contributed by atoms with Crippen LogP contribution in [0.4, 0.5) is 0 Å². The highest BCUT2D eigenvalue weighted by Crippen LogP contribution is 2.17. The molecular formula is C12H12BrIN2OS. The van der Waals surface area contributed by atoms with Gasteiger partial charge in [0.1, 0.15) is 0 Å². The number of carbonyl (C=O) groups is 1. The van der Waals surface area contributed by atoms with Gasteiger partial charge in [0.25, 0.3) is 0 Å². The van der Waals surface area contributed by atoms with Crippen molar-refractivity contribution in [2.24, 2.45) is 7.05 Å². The zero-order valence-electron chi connectivity index (χ0n) is 9.67. The molecule has 18 heavy (non-hydrogen) atoms. The van der Waals surface area contributed by atoms with E-state index in [2.05, 4.69) is 27.6 Å². The summed E-state index contributed by atoms with van der Waals surface area (Å²) < 4.78 is 3.04. The third-order valence-electron chi connectivity index (χ3n) is 2.28. The summed E-state index contributed by atoms with van der Waals surface area (Å²) in [5.41, 5.74) is 0.757. The predicted molar refractivity (Wildman–Crippen MR) is 87.7 cm³/mol. The fourth-order valence-corrected chi connectivity index (χ4v) is 2.53. The van der Waals surface area contributed by atoms with E-state index >= 15 is 0 Å². The topological polar surface area (TPSA) is 34.9 Å². The second-order valence-electron chi connectivity index (χ2n) is 3.54. The van der Waals surface area contributed by atoms with Crippen molar-refractivity contribution >= 4 is 57.1 Å². The van der Waals surface area contributed by atoms with Crippen molar-refractivity contribution in [1.29, 1.82) is 0 Å². The maximum absolute atomic E-state index is 11.9. The van der Waals surface area contributed by atoms with Crippen LogP contribution in [0.5, 0.6) is 0 Å². The first-order chi connectivity index (χ1) is 8.16. The third-order valence-corrected chi connectivity index (χ3v) is 4.05. The molecule has 6 heteroatoms. The number of nitrogens with zero attached hydrogens (tertiary/aromatic N) is 2. The average Bonchev–Trinajstić information content (AvgIpc) is 2.73. The molecular weight excluding hydrogens is 427 g/mol. The highest BCUT2D eigenvalue weighted by Gasteiger charge is 2.08. The number of aryl methyl sites for hydroxylation is 1. The molecule has 0 spiro atoms. The molecule has 0 aliphatic rings. The van der Waals surface area contributed by atoms with Crippen LogP contribution in [0.1, 0.15) is 10.4 Å². The molecule has 1 aromatic heterocycles. The van der Waals surface area contributed by atoms with E-state index in [0.717, 1.165) is 14.3 Å². The largest absolute Gasteiger partial charge is 0.329 e. The fraction of sp³-hybridized carbons (Fsp3) is 0.167. The van der Waals surface area contributed by atoms with E-state index in [4.69, 9.17) is 0 Å². The van der Waals surface area contributed by atoms with Gasteiger partial charge < -0.3 is 4.57 Å². The van der Waals surface area contributed by atoms with Gasteiger partial charge in [-0.2, -0.15) is 0 Å². The molecule has 0 bridgehead atoms. The van der Waals surface area contributed by atoms with Crippen LogP contribution >= 0.6 is 51.3 Å². The van der Waals surface area contributed by atoms with Crippen molar-refractivity contribution in [3.63, 3.8) is 0 Å². The Bertz CT molecular complexity index is 527. The number of hydrogen-bond acceptors (Lipinski definition) is 3. The summed E-state index contributed by atoms with van der Waals surface area (Å²) in [6.45, 7) is 0. The molecule has 0 aliphatic carbocycles. The molecule has 0 saturated carbocycles. The molecule has 3 nitrogen and oxygen atoms in total. The van der Waals surface area contributed by atoms with Crippen molar-refractivity contribution in [3.05, 3.63) is 45.8 Å². The SMILES string of the molecule is Br.Cn1ccnc1SCC(=O)c1ccc(I)cc1. The van der Waals surface area contributed by atoms with Crippen LogP contribution in [0.3, 0.4) is 0 Å². The number of carbonyl (C=O) groups excluding carboxylic acids is 1. The third kappa shape index (κ3) is 4.10. The molecule has 0 amide bonds. The lowest BCUT2D eigenvalue weighted by Gasteiger charge is -2.02. The maximum Gasteiger partial charge on any atom is 0.173 e. The smallest absolute Gasteiger partial charge is 0.173 e. The summed E-state index contributed by atoms with van der Waals surface area (Å²) >= 11 is 3.69. The Morgan fingerprint density at radius 1 is 1.39 bits per heavy atom. The fourth-order valence-electron chi connectivity index (χ4n) is 1.34. The van der Waals surface area contributed by atoms with Gasteiger partial charge in [-0.05, 0) is 34.7 Å². The van der Waals surface area contributed by atoms with Gasteiger partial charge in [-0.15, -0.1) is 17.0 Å². The van der Waals surface area contributed by atoms with Gasteiger partial charge in [-0.3, -0.25) is 4.79 Å². The summed E-state index contributed by atoms with van der Waals surface area (Å²) in [4.78, 5) is 16.1. The van der Waals surface area contributed by atoms with E-state index in [1.807, 2.05) is 42.1 Å². The molecule has 0 unspecified atom stereocenters. The zero-order chi connectivity index (χ0) is 12.3. The molecule has 2 rings (SSSR count). The van der Waals surface area contributed by atoms with E-state index in [1.54, 1.807) is 6.20 Å². The van der Waals surface area contributed by atoms with Gasteiger partial charge in [0.05, 0.1) is 5.75 Å². The van der Waals surface area contributed by atoms with Crippen molar-refractivity contribution in [3.8, 4) is 0 Å². The minimum absolute atomic E-state index is 0. The van der Waals surface area contributed by atoms with E-state index in [1.165, 1.54) is 11.8 Å². The summed E-state index contributed by atoms with van der Waals surface area (Å²) in [5, 5.41) is 0.865. The van der Waals surface area contributed by atoms with Gasteiger partial charge >= 0.3 is 0 Å². The minimum atomic E-state index is 0. The standard InChI is InChI=1S/C12H11IN2OS.BrH/c1-15-7-6-14-12(15)17-8-11(16)9-2-4-10(13)5-3-9;/h2-7H,8H2,1H3;1H. The van der Waals surface area contributed by atoms with Crippen LogP contribution in [-0.2, 0) is 7.05 Å². The van der Waals surface area contributed by atoms with Gasteiger partial charge in [-0.25, -0.2) is 4.98 Å². The number of Topliss-reactive ketones (excluding diaryl/α,β-unsaturated/α-hetero) is 1. The molecule has 0 saturated heterocycles. The summed E-state index contributed by atoms with van der Waals surface area (Å²) in [5.74, 6) is 0.556. The van der Waals surface area contributed by atoms with Crippen LogP contribution in [0, 0.1) is 3.57 Å². The Kier molecular flexibility index (Phi) is 6.37. The molecule has 0 fully saturated rings. The second kappa shape index (κ2) is 7.30. The van der Waals surface area contributed by atoms with Crippen molar-refractivity contribution in [2.45, 2.75) is 5.16 Å². The van der Waals surface area contributed by atoms with E-state index in [9.17, 15) is 4.79 Å². The number of imidazole rings is 1. The number of halogens is 2. The van der Waals surface area contributed by atoms with Crippen LogP contribution in [0.25, 0.3) is 0 Å². The number of ketones is 1. The number of hydrogen-bond donors (Lipinski definition) is 0. The van der Waals surface area contributed by atoms with Crippen molar-refractivity contribution in [1.82, 2.24) is 9.55 Å². The first-order valence-electron chi connectivity index (χ1n) is 5.05. The normalized spacial score (nSPS) is 9.89. The minimum Gasteiger partial charge on any atom is -0.329 e. The van der Waals surface area contributed by atoms with Crippen molar-refractivity contribution in [2.75, 3.05) is 5.75 Å². The molecule has 2 aromatic rings. The number of rotatable bonds is 4. The monoisotopic (exact) mass is 438 g/mol. The molecule has 1 heterocycles. The lowest BCUT2D eigenvalue weighted by molar-refractivity contribution is 0.102. The second-order valence-corrected chi connectivity index (χ2v) is 5.73. The van der Waals surface area contributed by atoms with Crippen LogP contribution in [0.2, 0.25) is 0 Å². The number of aromatic nitrogens is 2. The van der Waals surface area contributed by atoms with Gasteiger partial charge in [0.2, 0.25) is 0 Å². The van der Waals surface area contributed by atoms with Crippen molar-refractivity contribution < 1.29 is 4.79 Å². The van der Waals surface area contributed by atoms with E-state index < -0.39 is 0 Å². The van der Waals surface area contributed by atoms with Gasteiger partial charge in [0, 0.05) is 28.6 Å². The van der Waals surface area contributed by atoms with E-state index in [-0.39, 0.29) is 22.8 Å². The lowest BCUT2D eigenvalue weighted by Crippen LogP contribution is -2.03. The summed E-state index contributed by atoms with van der Waals surface area (Å²) in [6.07, 6.45) is 3.61. The highest BCUT2D eigenvalue weighted by molar-refractivity contribution is 14.1. The Hall–Kier alpha value is -0.340. The predicted octanol–water partition coefficient (Wildman–Crippen LogP) is 3.58. The molecule has 0 aliphatic heterocycles. The van der Waals surface area contributed by atoms with Crippen LogP contribution < -0.4 is 0 Å². The molecule has 0 atom stereocenters. The molecule has 1 aromatic carbocycles. The lowest BCUT2D eigenvalue weighted by atomic mass is 10.2. The Morgan fingerprint density at radius 3 is 2.61 bits per heavy atom. The Balaban J connectivity index is 0.00000162. The molecule has 0 radical (unpaired) electrons. The Morgan fingerprint density at radius 2 is 2.06 bits per heavy atom. The summed E-state index contributed by atoms with van der Waals surface area (Å²) in [6, 6.07) is 7.62. The van der Waals surface area contributed by atoms with E-state index in [0.29, 0.717) is 5.75 Å². The maximum atomic E-state index is 11.9. The average molecular weight is 439 g/mol. The number of benzene rings is 1. The molecule has 96 valence electrons. The zero-order valence-corrected chi connectivity index (χ0v) is 14.4. The quantitative estimate of drug-likeness (QED) is 0.415. The van der Waals surface area contributed by atoms with Gasteiger partial charge in [-0.1, -0.05) is 23.9 Å². The first kappa shape index (κ1) is 15.7. The Labute approximate surface area is 134 Å². The first-order valence-corrected chi connectivity index (χ1v) is 7.12. The highest BCUT2D eigenvalue weighted by atomic mass is 127. The van der Waals surface area contributed by atoms with Crippen LogP contribution in [0.15, 0.2) is 41.8 Å². The molecule has 0 N–H and O–H groups in total. The summed E-state index contributed by atoms with van der Waals surface area (Å²) in [7, 11) is 1.92. The van der Waals surface area contributed by atoms with Gasteiger partial charge in [0.15, 0.2) is 10.9 Å².